The molecule has 0 heteroatoms. The molecule has 0 heterocycles. The van der Waals surface area contributed by atoms with Gasteiger partial charge < -0.3 is 0 Å². The predicted molar refractivity (Wildman–Crippen MR) is 52.7 cm³/mol. The van der Waals surface area contributed by atoms with Crippen LogP contribution in [-0.4, -0.2) is 0 Å². The summed E-state index contributed by atoms with van der Waals surface area (Å²) >= 11 is 0. The first-order valence-corrected chi connectivity index (χ1v) is 5.04. The molecule has 0 bridgehead atoms. The lowest BCUT2D eigenvalue weighted by atomic mass is 9.84. The van der Waals surface area contributed by atoms with Gasteiger partial charge >= 0.3 is 0 Å². The molecule has 0 aromatic carbocycles. The maximum absolute atomic E-state index is 2.37. The third kappa shape index (κ3) is 1.35. The maximum Gasteiger partial charge on any atom is 0.0116 e. The van der Waals surface area contributed by atoms with E-state index >= 15 is 0 Å². The van der Waals surface area contributed by atoms with Crippen LogP contribution >= 0.6 is 0 Å². The lowest BCUT2D eigenvalue weighted by Crippen LogP contribution is -2.06. The fourth-order valence-corrected chi connectivity index (χ4v) is 2.32. The van der Waals surface area contributed by atoms with Crippen LogP contribution in [-0.2, 0) is 0 Å². The molecular weight excluding hydrogens is 144 g/mol. The van der Waals surface area contributed by atoms with Crippen molar-refractivity contribution in [2.75, 3.05) is 0 Å². The van der Waals surface area contributed by atoms with Gasteiger partial charge in [0.1, 0.15) is 0 Å². The van der Waals surface area contributed by atoms with E-state index in [0.717, 1.165) is 5.92 Å². The third-order valence-electron chi connectivity index (χ3n) is 3.12. The van der Waals surface area contributed by atoms with Crippen LogP contribution in [0.4, 0.5) is 0 Å². The Morgan fingerprint density at radius 2 is 2.25 bits per heavy atom. The van der Waals surface area contributed by atoms with Crippen molar-refractivity contribution < 1.29 is 0 Å². The summed E-state index contributed by atoms with van der Waals surface area (Å²) in [6.45, 7) is 4.52. The molecule has 65 valence electrons. The fraction of sp³-hybridized carbons (Fsp3) is 0.583. The monoisotopic (exact) mass is 161 g/mol. The molecular formula is C12H17. The summed E-state index contributed by atoms with van der Waals surface area (Å²) in [4.78, 5) is 0. The molecule has 2 aliphatic carbocycles. The summed E-state index contributed by atoms with van der Waals surface area (Å²) in [6, 6.07) is 0. The minimum absolute atomic E-state index is 0.958. The molecule has 0 aromatic heterocycles. The zero-order chi connectivity index (χ0) is 8.55. The van der Waals surface area contributed by atoms with Gasteiger partial charge in [0.2, 0.25) is 0 Å². The van der Waals surface area contributed by atoms with Crippen molar-refractivity contribution in [3.63, 3.8) is 0 Å². The SMILES string of the molecule is CCC1CCC2=C(C=C(C)[CH]2)C1. The predicted octanol–water partition coefficient (Wildman–Crippen LogP) is 3.66. The van der Waals surface area contributed by atoms with Gasteiger partial charge in [-0.2, -0.15) is 0 Å². The Kier molecular flexibility index (Phi) is 2.08. The average molecular weight is 161 g/mol. The Hall–Kier alpha value is -0.520. The lowest BCUT2D eigenvalue weighted by Gasteiger charge is -2.22. The molecule has 0 N–H and O–H groups in total. The molecule has 2 aliphatic rings. The van der Waals surface area contributed by atoms with Crippen molar-refractivity contribution >= 4 is 0 Å². The highest BCUT2D eigenvalue weighted by Gasteiger charge is 2.22. The molecule has 0 amide bonds. The Balaban J connectivity index is 2.11. The van der Waals surface area contributed by atoms with Gasteiger partial charge in [-0.1, -0.05) is 30.6 Å². The summed E-state index contributed by atoms with van der Waals surface area (Å²) < 4.78 is 0. The Bertz CT molecular complexity index is 243. The molecule has 0 saturated heterocycles. The molecule has 0 nitrogen and oxygen atoms in total. The second-order valence-electron chi connectivity index (χ2n) is 4.10. The first-order valence-electron chi connectivity index (χ1n) is 5.04. The van der Waals surface area contributed by atoms with Crippen LogP contribution in [0.25, 0.3) is 0 Å². The molecule has 1 atom stereocenters. The molecule has 2 rings (SSSR count). The molecule has 0 aromatic rings. The van der Waals surface area contributed by atoms with Crippen molar-refractivity contribution in [1.29, 1.82) is 0 Å². The molecule has 0 spiro atoms. The van der Waals surface area contributed by atoms with Crippen molar-refractivity contribution in [2.45, 2.75) is 39.5 Å². The zero-order valence-corrected chi connectivity index (χ0v) is 8.06. The van der Waals surface area contributed by atoms with E-state index in [0.29, 0.717) is 0 Å². The number of hydrogen-bond acceptors (Lipinski definition) is 0. The highest BCUT2D eigenvalue weighted by atomic mass is 14.3. The fourth-order valence-electron chi connectivity index (χ4n) is 2.32. The summed E-state index contributed by atoms with van der Waals surface area (Å²) in [6.07, 6.45) is 10.1. The summed E-state index contributed by atoms with van der Waals surface area (Å²) in [5.41, 5.74) is 4.71. The van der Waals surface area contributed by atoms with Crippen LogP contribution < -0.4 is 0 Å². The van der Waals surface area contributed by atoms with Gasteiger partial charge in [-0.15, -0.1) is 0 Å². The molecule has 1 unspecified atom stereocenters. The van der Waals surface area contributed by atoms with E-state index in [4.69, 9.17) is 0 Å². The first kappa shape index (κ1) is 8.10. The maximum atomic E-state index is 2.37. The Morgan fingerprint density at radius 3 is 3.00 bits per heavy atom. The number of hydrogen-bond donors (Lipinski definition) is 0. The standard InChI is InChI=1S/C12H17/c1-3-10-4-5-11-6-9(2)7-12(11)8-10/h6-7,10H,3-5,8H2,1-2H3. The van der Waals surface area contributed by atoms with Gasteiger partial charge in [0.15, 0.2) is 0 Å². The molecule has 0 saturated carbocycles. The number of allylic oxidation sites excluding steroid dienone is 4. The van der Waals surface area contributed by atoms with E-state index in [1.54, 1.807) is 11.1 Å². The van der Waals surface area contributed by atoms with Gasteiger partial charge in [0.25, 0.3) is 0 Å². The van der Waals surface area contributed by atoms with Crippen LogP contribution in [0.2, 0.25) is 0 Å². The lowest BCUT2D eigenvalue weighted by molar-refractivity contribution is 0.450. The second-order valence-corrected chi connectivity index (χ2v) is 4.10. The van der Waals surface area contributed by atoms with Gasteiger partial charge in [0, 0.05) is 6.42 Å². The van der Waals surface area contributed by atoms with E-state index in [2.05, 4.69) is 26.3 Å². The normalized spacial score (nSPS) is 28.8. The highest BCUT2D eigenvalue weighted by Crippen LogP contribution is 2.38. The quantitative estimate of drug-likeness (QED) is 0.550. The first-order chi connectivity index (χ1) is 5.79. The Morgan fingerprint density at radius 1 is 1.42 bits per heavy atom. The average Bonchev–Trinajstić information content (AvgIpc) is 2.43. The van der Waals surface area contributed by atoms with Crippen LogP contribution in [0.1, 0.15) is 39.5 Å². The van der Waals surface area contributed by atoms with E-state index < -0.39 is 0 Å². The van der Waals surface area contributed by atoms with Gasteiger partial charge in [0.05, 0.1) is 0 Å². The second kappa shape index (κ2) is 3.08. The molecule has 0 aliphatic heterocycles. The van der Waals surface area contributed by atoms with Crippen molar-refractivity contribution in [2.24, 2.45) is 5.92 Å². The minimum Gasteiger partial charge on any atom is -0.0651 e. The van der Waals surface area contributed by atoms with Crippen LogP contribution in [0, 0.1) is 12.3 Å². The van der Waals surface area contributed by atoms with Gasteiger partial charge in [-0.3, -0.25) is 0 Å². The van der Waals surface area contributed by atoms with E-state index in [-0.39, 0.29) is 0 Å². The van der Waals surface area contributed by atoms with Crippen LogP contribution in [0.15, 0.2) is 22.8 Å². The van der Waals surface area contributed by atoms with Crippen LogP contribution in [0.3, 0.4) is 0 Å². The summed E-state index contributed by atoms with van der Waals surface area (Å²) in [7, 11) is 0. The topological polar surface area (TPSA) is 0 Å². The van der Waals surface area contributed by atoms with Gasteiger partial charge in [-0.25, -0.2) is 0 Å². The van der Waals surface area contributed by atoms with Gasteiger partial charge in [-0.05, 0) is 37.7 Å². The molecule has 0 fully saturated rings. The largest absolute Gasteiger partial charge is 0.0651 e. The minimum atomic E-state index is 0.958. The Labute approximate surface area is 75.4 Å². The van der Waals surface area contributed by atoms with E-state index in [9.17, 15) is 0 Å². The number of rotatable bonds is 1. The highest BCUT2D eigenvalue weighted by molar-refractivity contribution is 5.48. The van der Waals surface area contributed by atoms with E-state index in [1.807, 2.05) is 0 Å². The summed E-state index contributed by atoms with van der Waals surface area (Å²) in [5.74, 6) is 0.958. The molecule has 1 radical (unpaired) electrons. The summed E-state index contributed by atoms with van der Waals surface area (Å²) in [5, 5.41) is 0. The molecule has 12 heavy (non-hydrogen) atoms. The van der Waals surface area contributed by atoms with Crippen molar-refractivity contribution in [3.05, 3.63) is 29.2 Å². The van der Waals surface area contributed by atoms with Crippen molar-refractivity contribution in [3.8, 4) is 0 Å². The zero-order valence-electron chi connectivity index (χ0n) is 8.06. The van der Waals surface area contributed by atoms with Crippen LogP contribution in [0.5, 0.6) is 0 Å². The van der Waals surface area contributed by atoms with E-state index in [1.165, 1.54) is 31.3 Å². The third-order valence-corrected chi connectivity index (χ3v) is 3.12. The smallest absolute Gasteiger partial charge is 0.0116 e. The van der Waals surface area contributed by atoms with Crippen molar-refractivity contribution in [1.82, 2.24) is 0 Å².